The first-order chi connectivity index (χ1) is 4.36. The summed E-state index contributed by atoms with van der Waals surface area (Å²) in [5.74, 6) is 1.56. The predicted octanol–water partition coefficient (Wildman–Crippen LogP) is 0.409. The number of nitrogens with zero attached hydrogens (tertiary/aromatic N) is 1. The van der Waals surface area contributed by atoms with Crippen molar-refractivity contribution in [3.63, 3.8) is 0 Å². The average Bonchev–Trinajstić information content (AvgIpc) is 2.22. The second-order valence-electron chi connectivity index (χ2n) is 2.93. The summed E-state index contributed by atoms with van der Waals surface area (Å²) in [5, 5.41) is 0. The summed E-state index contributed by atoms with van der Waals surface area (Å²) >= 11 is 4.28. The van der Waals surface area contributed by atoms with Crippen LogP contribution in [0.25, 0.3) is 0 Å². The molecular formula is C6H11NOS. The molecule has 2 saturated heterocycles. The lowest BCUT2D eigenvalue weighted by atomic mass is 10.0. The molecule has 3 heteroatoms. The van der Waals surface area contributed by atoms with Crippen LogP contribution in [0.15, 0.2) is 0 Å². The van der Waals surface area contributed by atoms with Crippen molar-refractivity contribution >= 4 is 12.8 Å². The number of fused-ring (bicyclic) bond motifs is 1. The summed E-state index contributed by atoms with van der Waals surface area (Å²) in [4.78, 5) is 0. The molecule has 2 rings (SSSR count). The van der Waals surface area contributed by atoms with Gasteiger partial charge in [-0.25, -0.2) is 0 Å². The standard InChI is InChI=1S/C6H11NOS/c9-7-1-5-3-8-4-6(5)2-7/h5-6,9H,1-4H2. The number of hydrogen-bond acceptors (Lipinski definition) is 3. The van der Waals surface area contributed by atoms with Crippen molar-refractivity contribution in [1.82, 2.24) is 4.31 Å². The van der Waals surface area contributed by atoms with Gasteiger partial charge in [0.2, 0.25) is 0 Å². The minimum Gasteiger partial charge on any atom is -0.381 e. The van der Waals surface area contributed by atoms with Gasteiger partial charge in [0.25, 0.3) is 0 Å². The summed E-state index contributed by atoms with van der Waals surface area (Å²) in [6, 6.07) is 0. The van der Waals surface area contributed by atoms with Crippen LogP contribution < -0.4 is 0 Å². The van der Waals surface area contributed by atoms with Crippen molar-refractivity contribution in [2.24, 2.45) is 11.8 Å². The van der Waals surface area contributed by atoms with E-state index in [9.17, 15) is 0 Å². The Balaban J connectivity index is 2.02. The van der Waals surface area contributed by atoms with Gasteiger partial charge in [-0.1, -0.05) is 12.8 Å². The molecule has 2 nitrogen and oxygen atoms in total. The maximum Gasteiger partial charge on any atom is 0.0511 e. The third-order valence-electron chi connectivity index (χ3n) is 2.22. The maximum absolute atomic E-state index is 5.30. The van der Waals surface area contributed by atoms with E-state index in [-0.39, 0.29) is 0 Å². The van der Waals surface area contributed by atoms with E-state index in [2.05, 4.69) is 17.1 Å². The molecule has 0 spiro atoms. The zero-order chi connectivity index (χ0) is 6.27. The molecule has 0 saturated carbocycles. The Labute approximate surface area is 60.7 Å². The third-order valence-corrected chi connectivity index (χ3v) is 2.55. The summed E-state index contributed by atoms with van der Waals surface area (Å²) in [7, 11) is 0. The first-order valence-electron chi connectivity index (χ1n) is 3.38. The van der Waals surface area contributed by atoms with Crippen LogP contribution >= 0.6 is 12.8 Å². The zero-order valence-corrected chi connectivity index (χ0v) is 6.18. The Kier molecular flexibility index (Phi) is 1.43. The van der Waals surface area contributed by atoms with Gasteiger partial charge in [-0.3, -0.25) is 4.31 Å². The van der Waals surface area contributed by atoms with Gasteiger partial charge in [0, 0.05) is 24.9 Å². The monoisotopic (exact) mass is 145 g/mol. The number of rotatable bonds is 0. The highest BCUT2D eigenvalue weighted by atomic mass is 32.1. The Morgan fingerprint density at radius 3 is 2.33 bits per heavy atom. The third kappa shape index (κ3) is 0.974. The van der Waals surface area contributed by atoms with Crippen molar-refractivity contribution in [3.05, 3.63) is 0 Å². The molecule has 0 amide bonds. The minimum atomic E-state index is 0.780. The normalized spacial score (nSPS) is 43.7. The fourth-order valence-electron chi connectivity index (χ4n) is 1.66. The first-order valence-corrected chi connectivity index (χ1v) is 3.78. The summed E-state index contributed by atoms with van der Waals surface area (Å²) in [6.07, 6.45) is 0. The van der Waals surface area contributed by atoms with Crippen molar-refractivity contribution in [3.8, 4) is 0 Å². The smallest absolute Gasteiger partial charge is 0.0511 e. The molecular weight excluding hydrogens is 134 g/mol. The van der Waals surface area contributed by atoms with Crippen LogP contribution in [-0.4, -0.2) is 30.6 Å². The van der Waals surface area contributed by atoms with Gasteiger partial charge in [-0.05, 0) is 0 Å². The Morgan fingerprint density at radius 2 is 1.78 bits per heavy atom. The molecule has 2 fully saturated rings. The van der Waals surface area contributed by atoms with Gasteiger partial charge >= 0.3 is 0 Å². The SMILES string of the molecule is SN1CC2COCC2C1. The van der Waals surface area contributed by atoms with Crippen molar-refractivity contribution in [2.45, 2.75) is 0 Å². The molecule has 2 heterocycles. The van der Waals surface area contributed by atoms with Crippen LogP contribution in [0.5, 0.6) is 0 Å². The molecule has 9 heavy (non-hydrogen) atoms. The number of ether oxygens (including phenoxy) is 1. The van der Waals surface area contributed by atoms with E-state index in [1.54, 1.807) is 0 Å². The lowest BCUT2D eigenvalue weighted by Gasteiger charge is -2.05. The molecule has 0 aliphatic carbocycles. The van der Waals surface area contributed by atoms with Gasteiger partial charge < -0.3 is 4.74 Å². The van der Waals surface area contributed by atoms with Gasteiger partial charge in [0.1, 0.15) is 0 Å². The largest absolute Gasteiger partial charge is 0.381 e. The van der Waals surface area contributed by atoms with E-state index in [1.165, 1.54) is 0 Å². The Morgan fingerprint density at radius 1 is 1.22 bits per heavy atom. The van der Waals surface area contributed by atoms with E-state index < -0.39 is 0 Å². The van der Waals surface area contributed by atoms with E-state index in [0.717, 1.165) is 38.1 Å². The molecule has 2 aliphatic rings. The molecule has 52 valence electrons. The molecule has 0 aromatic heterocycles. The quantitative estimate of drug-likeness (QED) is 0.496. The second kappa shape index (κ2) is 2.15. The summed E-state index contributed by atoms with van der Waals surface area (Å²) in [6.45, 7) is 4.16. The number of hydrogen-bond donors (Lipinski definition) is 1. The van der Waals surface area contributed by atoms with E-state index >= 15 is 0 Å². The van der Waals surface area contributed by atoms with Crippen molar-refractivity contribution in [1.29, 1.82) is 0 Å². The molecule has 0 bridgehead atoms. The molecule has 2 atom stereocenters. The highest BCUT2D eigenvalue weighted by Gasteiger charge is 2.35. The predicted molar refractivity (Wildman–Crippen MR) is 38.4 cm³/mol. The highest BCUT2D eigenvalue weighted by molar-refractivity contribution is 7.77. The van der Waals surface area contributed by atoms with Gasteiger partial charge in [-0.15, -0.1) is 0 Å². The average molecular weight is 145 g/mol. The van der Waals surface area contributed by atoms with Crippen LogP contribution in [0.1, 0.15) is 0 Å². The van der Waals surface area contributed by atoms with Crippen molar-refractivity contribution in [2.75, 3.05) is 26.3 Å². The van der Waals surface area contributed by atoms with Gasteiger partial charge in [0.05, 0.1) is 13.2 Å². The van der Waals surface area contributed by atoms with Crippen LogP contribution in [0, 0.1) is 11.8 Å². The van der Waals surface area contributed by atoms with Crippen molar-refractivity contribution < 1.29 is 4.74 Å². The molecule has 2 aliphatic heterocycles. The Hall–Kier alpha value is 0.270. The van der Waals surface area contributed by atoms with E-state index in [1.807, 2.05) is 0 Å². The topological polar surface area (TPSA) is 12.5 Å². The molecule has 0 aromatic carbocycles. The summed E-state index contributed by atoms with van der Waals surface area (Å²) < 4.78 is 7.39. The second-order valence-corrected chi connectivity index (χ2v) is 3.49. The van der Waals surface area contributed by atoms with Gasteiger partial charge in [0.15, 0.2) is 0 Å². The van der Waals surface area contributed by atoms with E-state index in [4.69, 9.17) is 4.74 Å². The first kappa shape index (κ1) is 6.01. The maximum atomic E-state index is 5.30. The zero-order valence-electron chi connectivity index (χ0n) is 5.29. The van der Waals surface area contributed by atoms with Crippen LogP contribution in [0.4, 0.5) is 0 Å². The fraction of sp³-hybridized carbons (Fsp3) is 1.00. The minimum absolute atomic E-state index is 0.780. The molecule has 0 aromatic rings. The fourth-order valence-corrected chi connectivity index (χ4v) is 2.08. The Bertz CT molecular complexity index is 108. The van der Waals surface area contributed by atoms with E-state index in [0.29, 0.717) is 0 Å². The lowest BCUT2D eigenvalue weighted by Crippen LogP contribution is -2.10. The van der Waals surface area contributed by atoms with Crippen LogP contribution in [0.3, 0.4) is 0 Å². The summed E-state index contributed by atoms with van der Waals surface area (Å²) in [5.41, 5.74) is 0. The van der Waals surface area contributed by atoms with Crippen LogP contribution in [-0.2, 0) is 4.74 Å². The molecule has 2 unspecified atom stereocenters. The van der Waals surface area contributed by atoms with Crippen LogP contribution in [0.2, 0.25) is 0 Å². The number of thiol groups is 1. The molecule has 0 N–H and O–H groups in total. The lowest BCUT2D eigenvalue weighted by molar-refractivity contribution is 0.169. The highest BCUT2D eigenvalue weighted by Crippen LogP contribution is 2.29. The molecule has 0 radical (unpaired) electrons. The van der Waals surface area contributed by atoms with Gasteiger partial charge in [-0.2, -0.15) is 0 Å².